The standard InChI is InChI=1S/C33H41FN6O5S/c1-6-40-24-9-7-8-22(36-23-12-15-39(18-21(23)34)31(42)44-32(2,3)4)20(24)16-25(40)29-37-28(45-38-29)17-35-30(41)26-10-11-27(46-26)33(13-14-33)19-43-5/h7-11,16,21,23,36H,6,12-15,17-19H2,1-5H3,(H,35,41)/t21-,23+/m0/s1. The van der Waals surface area contributed by atoms with Crippen molar-refractivity contribution in [3.05, 3.63) is 52.0 Å². The second kappa shape index (κ2) is 12.7. The molecule has 1 aromatic carbocycles. The van der Waals surface area contributed by atoms with Gasteiger partial charge in [-0.15, -0.1) is 11.3 Å². The normalized spacial score (nSPS) is 19.3. The molecule has 0 spiro atoms. The number of anilines is 1. The van der Waals surface area contributed by atoms with Gasteiger partial charge in [0, 0.05) is 41.6 Å². The smallest absolute Gasteiger partial charge is 0.410 e. The quantitative estimate of drug-likeness (QED) is 0.210. The molecular formula is C33H41FN6O5S. The molecule has 6 rings (SSSR count). The number of aryl methyl sites for hydroxylation is 1. The van der Waals surface area contributed by atoms with Crippen molar-refractivity contribution in [3.63, 3.8) is 0 Å². The van der Waals surface area contributed by atoms with Crippen LogP contribution in [-0.2, 0) is 28.0 Å². The van der Waals surface area contributed by atoms with Gasteiger partial charge in [-0.25, -0.2) is 9.18 Å². The maximum Gasteiger partial charge on any atom is 0.410 e. The highest BCUT2D eigenvalue weighted by Crippen LogP contribution is 2.50. The summed E-state index contributed by atoms with van der Waals surface area (Å²) in [6.07, 6.45) is 0.832. The average molecular weight is 653 g/mol. The summed E-state index contributed by atoms with van der Waals surface area (Å²) < 4.78 is 33.7. The lowest BCUT2D eigenvalue weighted by Crippen LogP contribution is -2.51. The van der Waals surface area contributed by atoms with Gasteiger partial charge in [0.05, 0.1) is 41.8 Å². The van der Waals surface area contributed by atoms with Crippen molar-refractivity contribution in [2.75, 3.05) is 32.1 Å². The SMILES string of the molecule is CCn1c(-c2noc(CNC(=O)c3ccc(C4(COC)CC4)s3)n2)cc2c(N[C@@H]3CCN(C(=O)OC(C)(C)C)C[C@@H]3F)cccc21. The van der Waals surface area contributed by atoms with Crippen LogP contribution in [0.3, 0.4) is 0 Å². The Labute approximate surface area is 271 Å². The minimum absolute atomic E-state index is 0.0335. The number of aromatic nitrogens is 3. The summed E-state index contributed by atoms with van der Waals surface area (Å²) in [6, 6.07) is 11.2. The molecule has 1 aliphatic carbocycles. The number of ether oxygens (including phenoxy) is 2. The largest absolute Gasteiger partial charge is 0.444 e. The first kappa shape index (κ1) is 32.0. The summed E-state index contributed by atoms with van der Waals surface area (Å²) in [7, 11) is 1.71. The zero-order valence-electron chi connectivity index (χ0n) is 26.9. The molecule has 11 nitrogen and oxygen atoms in total. The number of benzene rings is 1. The number of fused-ring (bicyclic) bond motifs is 1. The Morgan fingerprint density at radius 3 is 2.72 bits per heavy atom. The monoisotopic (exact) mass is 652 g/mol. The molecule has 246 valence electrons. The van der Waals surface area contributed by atoms with Crippen molar-refractivity contribution >= 4 is 39.9 Å². The van der Waals surface area contributed by atoms with E-state index in [-0.39, 0.29) is 24.4 Å². The van der Waals surface area contributed by atoms with E-state index < -0.39 is 23.9 Å². The second-order valence-corrected chi connectivity index (χ2v) is 14.1. The molecule has 2 aliphatic rings. The molecule has 1 saturated heterocycles. The van der Waals surface area contributed by atoms with Gasteiger partial charge in [-0.1, -0.05) is 11.2 Å². The Balaban J connectivity index is 1.13. The number of likely N-dealkylation sites (tertiary alicyclic amines) is 1. The van der Waals surface area contributed by atoms with E-state index in [1.807, 2.05) is 43.3 Å². The van der Waals surface area contributed by atoms with Crippen LogP contribution in [0.25, 0.3) is 22.4 Å². The highest BCUT2D eigenvalue weighted by atomic mass is 32.1. The van der Waals surface area contributed by atoms with E-state index in [0.717, 1.165) is 35.1 Å². The molecule has 2 fully saturated rings. The third-order valence-corrected chi connectivity index (χ3v) is 9.85. The van der Waals surface area contributed by atoms with E-state index in [4.69, 9.17) is 14.0 Å². The Hall–Kier alpha value is -3.97. The van der Waals surface area contributed by atoms with Crippen LogP contribution in [0, 0.1) is 0 Å². The summed E-state index contributed by atoms with van der Waals surface area (Å²) in [5.74, 6) is 0.503. The minimum Gasteiger partial charge on any atom is -0.444 e. The zero-order valence-corrected chi connectivity index (χ0v) is 27.7. The number of amides is 2. The van der Waals surface area contributed by atoms with E-state index >= 15 is 4.39 Å². The van der Waals surface area contributed by atoms with Crippen LogP contribution >= 0.6 is 11.3 Å². The van der Waals surface area contributed by atoms with Crippen molar-refractivity contribution in [2.45, 2.75) is 83.3 Å². The van der Waals surface area contributed by atoms with Gasteiger partial charge in [-0.2, -0.15) is 4.98 Å². The van der Waals surface area contributed by atoms with Crippen LogP contribution in [0.5, 0.6) is 0 Å². The van der Waals surface area contributed by atoms with Crippen molar-refractivity contribution in [3.8, 4) is 11.5 Å². The molecule has 2 atom stereocenters. The van der Waals surface area contributed by atoms with E-state index in [1.54, 1.807) is 27.9 Å². The number of alkyl halides is 1. The van der Waals surface area contributed by atoms with Crippen molar-refractivity contribution in [1.29, 1.82) is 0 Å². The number of thiophene rings is 1. The molecule has 2 N–H and O–H groups in total. The highest BCUT2D eigenvalue weighted by molar-refractivity contribution is 7.14. The van der Waals surface area contributed by atoms with Crippen LogP contribution in [0.15, 0.2) is 40.9 Å². The predicted molar refractivity (Wildman–Crippen MR) is 174 cm³/mol. The number of carbonyl (C=O) groups is 2. The minimum atomic E-state index is -1.26. The summed E-state index contributed by atoms with van der Waals surface area (Å²) >= 11 is 1.50. The maximum atomic E-state index is 15.3. The second-order valence-electron chi connectivity index (χ2n) is 13.1. The zero-order chi connectivity index (χ0) is 32.6. The number of piperidine rings is 1. The number of nitrogens with one attached hydrogen (secondary N) is 2. The number of methoxy groups -OCH3 is 1. The van der Waals surface area contributed by atoms with E-state index in [0.29, 0.717) is 42.7 Å². The molecule has 46 heavy (non-hydrogen) atoms. The van der Waals surface area contributed by atoms with Crippen molar-refractivity contribution < 1.29 is 28.0 Å². The van der Waals surface area contributed by atoms with Crippen LogP contribution in [0.4, 0.5) is 14.9 Å². The van der Waals surface area contributed by atoms with Gasteiger partial charge in [0.15, 0.2) is 0 Å². The van der Waals surface area contributed by atoms with E-state index in [1.165, 1.54) is 21.1 Å². The summed E-state index contributed by atoms with van der Waals surface area (Å²) in [6.45, 7) is 9.19. The third kappa shape index (κ3) is 6.61. The predicted octanol–water partition coefficient (Wildman–Crippen LogP) is 6.14. The number of nitrogens with zero attached hydrogens (tertiary/aromatic N) is 4. The fraction of sp³-hybridized carbons (Fsp3) is 0.515. The molecule has 1 aliphatic heterocycles. The summed E-state index contributed by atoms with van der Waals surface area (Å²) in [5.41, 5.74) is 1.90. The van der Waals surface area contributed by atoms with Gasteiger partial charge in [0.1, 0.15) is 11.8 Å². The lowest BCUT2D eigenvalue weighted by molar-refractivity contribution is 0.0125. The van der Waals surface area contributed by atoms with Gasteiger partial charge >= 0.3 is 6.09 Å². The van der Waals surface area contributed by atoms with Gasteiger partial charge < -0.3 is 34.1 Å². The molecule has 1 saturated carbocycles. The van der Waals surface area contributed by atoms with Crippen LogP contribution in [-0.4, -0.2) is 76.2 Å². The molecule has 4 heterocycles. The molecule has 13 heteroatoms. The Morgan fingerprint density at radius 2 is 2.02 bits per heavy atom. The van der Waals surface area contributed by atoms with E-state index in [2.05, 4.69) is 25.3 Å². The maximum absolute atomic E-state index is 15.3. The lowest BCUT2D eigenvalue weighted by atomic mass is 10.0. The lowest BCUT2D eigenvalue weighted by Gasteiger charge is -2.36. The molecule has 2 amide bonds. The summed E-state index contributed by atoms with van der Waals surface area (Å²) in [5, 5.41) is 11.4. The molecular weight excluding hydrogens is 611 g/mol. The average Bonchev–Trinajstić information content (AvgIpc) is 3.36. The molecule has 0 unspecified atom stereocenters. The number of hydrogen-bond donors (Lipinski definition) is 2. The Morgan fingerprint density at radius 1 is 1.22 bits per heavy atom. The topological polar surface area (TPSA) is 124 Å². The molecule has 0 bridgehead atoms. The van der Waals surface area contributed by atoms with Crippen LogP contribution < -0.4 is 10.6 Å². The highest BCUT2D eigenvalue weighted by Gasteiger charge is 2.45. The van der Waals surface area contributed by atoms with Crippen LogP contribution in [0.2, 0.25) is 0 Å². The first-order valence-corrected chi connectivity index (χ1v) is 16.5. The fourth-order valence-electron chi connectivity index (χ4n) is 6.00. The van der Waals surface area contributed by atoms with Crippen LogP contribution in [0.1, 0.15) is 67.4 Å². The molecule has 3 aromatic heterocycles. The first-order chi connectivity index (χ1) is 22.0. The van der Waals surface area contributed by atoms with Crippen molar-refractivity contribution in [1.82, 2.24) is 24.9 Å². The fourth-order valence-corrected chi connectivity index (χ4v) is 7.16. The van der Waals surface area contributed by atoms with Gasteiger partial charge in [0.25, 0.3) is 5.91 Å². The number of rotatable bonds is 10. The third-order valence-electron chi connectivity index (χ3n) is 8.52. The summed E-state index contributed by atoms with van der Waals surface area (Å²) in [4.78, 5) is 33.2. The van der Waals surface area contributed by atoms with Gasteiger partial charge in [-0.05, 0) is 77.3 Å². The molecule has 0 radical (unpaired) electrons. The number of hydrogen-bond acceptors (Lipinski definition) is 9. The van der Waals surface area contributed by atoms with Gasteiger partial charge in [-0.3, -0.25) is 4.79 Å². The first-order valence-electron chi connectivity index (χ1n) is 15.7. The number of carbonyl (C=O) groups excluding carboxylic acids is 2. The molecule has 4 aromatic rings. The van der Waals surface area contributed by atoms with Crippen molar-refractivity contribution in [2.24, 2.45) is 0 Å². The number of halogens is 1. The van der Waals surface area contributed by atoms with E-state index in [9.17, 15) is 9.59 Å². The van der Waals surface area contributed by atoms with Gasteiger partial charge in [0.2, 0.25) is 11.7 Å². The Bertz CT molecular complexity index is 1720. The Kier molecular flexibility index (Phi) is 8.81.